The molecule has 3 nitrogen and oxygen atoms in total. The van der Waals surface area contributed by atoms with Crippen molar-refractivity contribution >= 4 is 50.3 Å². The van der Waals surface area contributed by atoms with Gasteiger partial charge in [0.15, 0.2) is 5.11 Å². The highest BCUT2D eigenvalue weighted by molar-refractivity contribution is 9.11. The van der Waals surface area contributed by atoms with Crippen LogP contribution in [0.2, 0.25) is 0 Å². The Bertz CT molecular complexity index is 934. The number of nitrogens with zero attached hydrogens (tertiary/aromatic N) is 2. The molecule has 0 radical (unpaired) electrons. The van der Waals surface area contributed by atoms with Crippen LogP contribution in [-0.4, -0.2) is 10.1 Å². The Morgan fingerprint density at radius 3 is 2.50 bits per heavy atom. The summed E-state index contributed by atoms with van der Waals surface area (Å²) < 4.78 is 1.12. The molecule has 0 spiro atoms. The summed E-state index contributed by atoms with van der Waals surface area (Å²) in [6.45, 7) is 4.24. The van der Waals surface area contributed by atoms with Gasteiger partial charge in [0, 0.05) is 16.8 Å². The molecule has 0 bridgehead atoms. The number of thiophene rings is 1. The van der Waals surface area contributed by atoms with Crippen molar-refractivity contribution in [3.8, 4) is 0 Å². The van der Waals surface area contributed by atoms with Gasteiger partial charge in [0.2, 0.25) is 0 Å². The normalized spacial score (nSPS) is 19.7. The molecule has 0 aliphatic carbocycles. The van der Waals surface area contributed by atoms with Crippen LogP contribution >= 0.6 is 39.5 Å². The maximum Gasteiger partial charge on any atom is 0.174 e. The molecule has 3 heterocycles. The quantitative estimate of drug-likeness (QED) is 0.525. The summed E-state index contributed by atoms with van der Waals surface area (Å²) in [6, 6.07) is 16.9. The third-order valence-corrected chi connectivity index (χ3v) is 6.48. The van der Waals surface area contributed by atoms with Gasteiger partial charge >= 0.3 is 0 Å². The molecule has 1 aliphatic rings. The highest BCUT2D eigenvalue weighted by atomic mass is 79.9. The van der Waals surface area contributed by atoms with E-state index in [2.05, 4.69) is 81.4 Å². The molecule has 1 aromatic carbocycles. The zero-order valence-electron chi connectivity index (χ0n) is 14.4. The summed E-state index contributed by atoms with van der Waals surface area (Å²) in [6.07, 6.45) is 1.83. The number of rotatable bonds is 3. The molecule has 6 heteroatoms. The van der Waals surface area contributed by atoms with Gasteiger partial charge < -0.3 is 10.2 Å². The van der Waals surface area contributed by atoms with E-state index < -0.39 is 0 Å². The summed E-state index contributed by atoms with van der Waals surface area (Å²) in [7, 11) is 0. The van der Waals surface area contributed by atoms with Crippen molar-refractivity contribution < 1.29 is 0 Å². The van der Waals surface area contributed by atoms with Crippen LogP contribution < -0.4 is 10.2 Å². The first-order chi connectivity index (χ1) is 12.5. The molecule has 0 unspecified atom stereocenters. The number of halogens is 1. The van der Waals surface area contributed by atoms with Crippen LogP contribution in [0.4, 0.5) is 5.69 Å². The molecule has 26 heavy (non-hydrogen) atoms. The second-order valence-corrected chi connectivity index (χ2v) is 9.37. The summed E-state index contributed by atoms with van der Waals surface area (Å²) in [5, 5.41) is 4.24. The van der Waals surface area contributed by atoms with E-state index in [4.69, 9.17) is 12.2 Å². The topological polar surface area (TPSA) is 28.2 Å². The van der Waals surface area contributed by atoms with Gasteiger partial charge in [0.25, 0.3) is 0 Å². The van der Waals surface area contributed by atoms with Gasteiger partial charge in [-0.05, 0) is 89.5 Å². The SMILES string of the molecule is Cc1cc(C)cc(N2C(=S)N[C@@H](c3ccccn3)[C@H]2c2ccc(Br)s2)c1. The molecule has 2 atom stereocenters. The lowest BCUT2D eigenvalue weighted by Crippen LogP contribution is -2.29. The largest absolute Gasteiger partial charge is 0.351 e. The molecular formula is C20H18BrN3S2. The van der Waals surface area contributed by atoms with Gasteiger partial charge in [-0.2, -0.15) is 0 Å². The van der Waals surface area contributed by atoms with Crippen LogP contribution in [0.25, 0.3) is 0 Å². The monoisotopic (exact) mass is 443 g/mol. The molecule has 0 amide bonds. The minimum absolute atomic E-state index is 0.00932. The number of anilines is 1. The minimum Gasteiger partial charge on any atom is -0.351 e. The van der Waals surface area contributed by atoms with Gasteiger partial charge in [-0.3, -0.25) is 4.98 Å². The van der Waals surface area contributed by atoms with E-state index >= 15 is 0 Å². The predicted octanol–water partition coefficient (Wildman–Crippen LogP) is 5.70. The highest BCUT2D eigenvalue weighted by Crippen LogP contribution is 2.44. The zero-order valence-corrected chi connectivity index (χ0v) is 17.7. The molecular weight excluding hydrogens is 426 g/mol. The summed E-state index contributed by atoms with van der Waals surface area (Å²) in [5.41, 5.74) is 4.58. The van der Waals surface area contributed by atoms with E-state index in [9.17, 15) is 0 Å². The third kappa shape index (κ3) is 3.29. The molecule has 1 saturated heterocycles. The number of thiocarbonyl (C=S) groups is 1. The van der Waals surface area contributed by atoms with Gasteiger partial charge in [0.05, 0.1) is 21.6 Å². The van der Waals surface area contributed by atoms with E-state index in [0.717, 1.165) is 20.3 Å². The highest BCUT2D eigenvalue weighted by Gasteiger charge is 2.41. The Morgan fingerprint density at radius 1 is 1.12 bits per heavy atom. The van der Waals surface area contributed by atoms with Crippen LogP contribution in [0, 0.1) is 13.8 Å². The molecule has 1 fully saturated rings. The lowest BCUT2D eigenvalue weighted by atomic mass is 10.0. The van der Waals surface area contributed by atoms with Crippen LogP contribution in [0.5, 0.6) is 0 Å². The van der Waals surface area contributed by atoms with E-state index in [0.29, 0.717) is 0 Å². The van der Waals surface area contributed by atoms with Crippen LogP contribution in [-0.2, 0) is 0 Å². The maximum atomic E-state index is 5.75. The number of aryl methyl sites for hydroxylation is 2. The third-order valence-electron chi connectivity index (χ3n) is 4.47. The molecule has 3 aromatic rings. The van der Waals surface area contributed by atoms with Crippen molar-refractivity contribution in [2.75, 3.05) is 4.90 Å². The molecule has 1 N–H and O–H groups in total. The van der Waals surface area contributed by atoms with E-state index in [1.807, 2.05) is 18.3 Å². The number of pyridine rings is 1. The van der Waals surface area contributed by atoms with Gasteiger partial charge in [-0.25, -0.2) is 0 Å². The van der Waals surface area contributed by atoms with Crippen molar-refractivity contribution in [1.82, 2.24) is 10.3 Å². The molecule has 2 aromatic heterocycles. The Morgan fingerprint density at radius 2 is 1.88 bits per heavy atom. The van der Waals surface area contributed by atoms with Gasteiger partial charge in [0.1, 0.15) is 0 Å². The standard InChI is InChI=1S/C20H18BrN3S2/c1-12-9-13(2)11-14(10-12)24-19(16-6-7-17(21)26-16)18(23-20(24)25)15-5-3-4-8-22-15/h3-11,18-19H,1-2H3,(H,23,25)/t18-,19+/m0/s1. The summed E-state index contributed by atoms with van der Waals surface area (Å²) in [4.78, 5) is 8.06. The second-order valence-electron chi connectivity index (χ2n) is 6.48. The van der Waals surface area contributed by atoms with Crippen LogP contribution in [0.15, 0.2) is 58.5 Å². The van der Waals surface area contributed by atoms with Gasteiger partial charge in [-0.15, -0.1) is 11.3 Å². The fraction of sp³-hybridized carbons (Fsp3) is 0.200. The minimum atomic E-state index is 0.00932. The number of nitrogens with one attached hydrogen (secondary N) is 1. The summed E-state index contributed by atoms with van der Waals surface area (Å²) in [5.74, 6) is 0. The van der Waals surface area contributed by atoms with Crippen LogP contribution in [0.1, 0.15) is 33.8 Å². The maximum absolute atomic E-state index is 5.75. The van der Waals surface area contributed by atoms with E-state index in [1.165, 1.54) is 16.0 Å². The molecule has 0 saturated carbocycles. The Balaban J connectivity index is 1.85. The summed E-state index contributed by atoms with van der Waals surface area (Å²) >= 11 is 11.1. The Labute approximate surface area is 171 Å². The number of hydrogen-bond donors (Lipinski definition) is 1. The van der Waals surface area contributed by atoms with Crippen molar-refractivity contribution in [1.29, 1.82) is 0 Å². The molecule has 132 valence electrons. The smallest absolute Gasteiger partial charge is 0.174 e. The van der Waals surface area contributed by atoms with Gasteiger partial charge in [-0.1, -0.05) is 12.1 Å². The zero-order chi connectivity index (χ0) is 18.3. The fourth-order valence-corrected chi connectivity index (χ4v) is 5.40. The second kappa shape index (κ2) is 7.10. The average molecular weight is 444 g/mol. The Hall–Kier alpha value is -1.76. The van der Waals surface area contributed by atoms with Crippen LogP contribution in [0.3, 0.4) is 0 Å². The average Bonchev–Trinajstić information content (AvgIpc) is 3.18. The number of hydrogen-bond acceptors (Lipinski definition) is 3. The Kier molecular flexibility index (Phi) is 4.82. The first-order valence-corrected chi connectivity index (χ1v) is 10.4. The number of benzene rings is 1. The molecule has 1 aliphatic heterocycles. The lowest BCUT2D eigenvalue weighted by molar-refractivity contribution is 0.575. The van der Waals surface area contributed by atoms with Crippen molar-refractivity contribution in [3.63, 3.8) is 0 Å². The molecule has 4 rings (SSSR count). The van der Waals surface area contributed by atoms with Crippen molar-refractivity contribution in [3.05, 3.63) is 80.2 Å². The van der Waals surface area contributed by atoms with Crippen molar-refractivity contribution in [2.45, 2.75) is 25.9 Å². The number of aromatic nitrogens is 1. The predicted molar refractivity (Wildman–Crippen MR) is 116 cm³/mol. The fourth-order valence-electron chi connectivity index (χ4n) is 3.50. The lowest BCUT2D eigenvalue weighted by Gasteiger charge is -2.27. The van der Waals surface area contributed by atoms with E-state index in [1.54, 1.807) is 11.3 Å². The van der Waals surface area contributed by atoms with Crippen molar-refractivity contribution in [2.24, 2.45) is 0 Å². The first kappa shape index (κ1) is 17.6. The van der Waals surface area contributed by atoms with E-state index in [-0.39, 0.29) is 12.1 Å². The first-order valence-electron chi connectivity index (χ1n) is 8.37.